The summed E-state index contributed by atoms with van der Waals surface area (Å²) >= 11 is 0. The molecule has 2 aliphatic rings. The smallest absolute Gasteiger partial charge is 0.264 e. The molecule has 188 valence electrons. The molecule has 7 nitrogen and oxygen atoms in total. The maximum atomic E-state index is 13.9. The molecule has 1 amide bonds. The lowest BCUT2D eigenvalue weighted by molar-refractivity contribution is 0.0598. The number of halogens is 1. The van der Waals surface area contributed by atoms with E-state index in [-0.39, 0.29) is 23.7 Å². The normalized spacial score (nSPS) is 21.8. The lowest BCUT2D eigenvalue weighted by atomic mass is 10.0. The van der Waals surface area contributed by atoms with Crippen LogP contribution in [0.1, 0.15) is 36.0 Å². The van der Waals surface area contributed by atoms with Gasteiger partial charge in [-0.05, 0) is 74.2 Å². The summed E-state index contributed by atoms with van der Waals surface area (Å²) in [5, 5.41) is -0.531. The van der Waals surface area contributed by atoms with E-state index in [0.29, 0.717) is 23.3 Å². The van der Waals surface area contributed by atoms with Gasteiger partial charge in [-0.1, -0.05) is 30.3 Å². The number of rotatable bonds is 6. The molecule has 0 spiro atoms. The highest BCUT2D eigenvalue weighted by molar-refractivity contribution is 7.92. The van der Waals surface area contributed by atoms with Gasteiger partial charge in [0, 0.05) is 23.3 Å². The van der Waals surface area contributed by atoms with Gasteiger partial charge in [-0.2, -0.15) is 0 Å². The van der Waals surface area contributed by atoms with E-state index >= 15 is 0 Å². The molecule has 0 aromatic heterocycles. The number of sulfonamides is 1. The van der Waals surface area contributed by atoms with Crippen molar-refractivity contribution < 1.29 is 26.0 Å². The number of fused-ring (bicyclic) bond motifs is 2. The van der Waals surface area contributed by atoms with Crippen LogP contribution in [0.5, 0.6) is 0 Å². The molecule has 5 rings (SSSR count). The van der Waals surface area contributed by atoms with Crippen LogP contribution in [0.25, 0.3) is 0 Å². The van der Waals surface area contributed by atoms with Crippen LogP contribution in [-0.2, 0) is 19.9 Å². The third kappa shape index (κ3) is 4.51. The molecule has 2 fully saturated rings. The number of carbonyl (C=O) groups excluding carboxylic acids is 1. The highest BCUT2D eigenvalue weighted by atomic mass is 32.2. The first-order valence-corrected chi connectivity index (χ1v) is 14.7. The van der Waals surface area contributed by atoms with Crippen LogP contribution in [0, 0.1) is 5.82 Å². The van der Waals surface area contributed by atoms with E-state index in [2.05, 4.69) is 4.72 Å². The summed E-state index contributed by atoms with van der Waals surface area (Å²) in [4.78, 5) is 15.0. The van der Waals surface area contributed by atoms with E-state index in [1.165, 1.54) is 42.5 Å². The third-order valence-electron chi connectivity index (χ3n) is 6.95. The number of carbonyl (C=O) groups is 1. The second-order valence-electron chi connectivity index (χ2n) is 9.16. The number of anilines is 1. The molecule has 0 radical (unpaired) electrons. The summed E-state index contributed by atoms with van der Waals surface area (Å²) in [7, 11) is -7.61. The molecule has 2 atom stereocenters. The fourth-order valence-corrected chi connectivity index (χ4v) is 8.23. The van der Waals surface area contributed by atoms with Gasteiger partial charge >= 0.3 is 0 Å². The van der Waals surface area contributed by atoms with E-state index < -0.39 is 35.8 Å². The topological polar surface area (TPSA) is 101 Å². The third-order valence-corrected chi connectivity index (χ3v) is 10.6. The average molecular weight is 529 g/mol. The Bertz CT molecular complexity index is 1480. The summed E-state index contributed by atoms with van der Waals surface area (Å²) < 4.78 is 67.6. The predicted molar refractivity (Wildman–Crippen MR) is 133 cm³/mol. The minimum absolute atomic E-state index is 0.168. The summed E-state index contributed by atoms with van der Waals surface area (Å²) in [5.74, 6) is -1.06. The molecule has 3 aromatic rings. The Hall–Kier alpha value is -3.24. The first kappa shape index (κ1) is 24.5. The summed E-state index contributed by atoms with van der Waals surface area (Å²) in [6.45, 7) is 0. The Kier molecular flexibility index (Phi) is 6.34. The SMILES string of the molecule is O=C(c1ccc(NS(=O)(=O)c2ccccc2F)cc1)N1C2CCC1CC(S(=O)(=O)c1ccccc1)C2. The summed E-state index contributed by atoms with van der Waals surface area (Å²) in [6, 6.07) is 19.1. The quantitative estimate of drug-likeness (QED) is 0.516. The average Bonchev–Trinajstić information content (AvgIpc) is 3.13. The number of sulfone groups is 1. The molecule has 2 saturated heterocycles. The van der Waals surface area contributed by atoms with Crippen molar-refractivity contribution in [1.29, 1.82) is 0 Å². The molecule has 2 heterocycles. The Labute approximate surface area is 209 Å². The first-order chi connectivity index (χ1) is 17.2. The number of amides is 1. The van der Waals surface area contributed by atoms with Crippen LogP contribution in [0.4, 0.5) is 10.1 Å². The number of nitrogens with zero attached hydrogens (tertiary/aromatic N) is 1. The fourth-order valence-electron chi connectivity index (χ4n) is 5.22. The van der Waals surface area contributed by atoms with Gasteiger partial charge in [0.2, 0.25) is 0 Å². The Morgan fingerprint density at radius 2 is 1.39 bits per heavy atom. The number of hydrogen-bond acceptors (Lipinski definition) is 5. The molecular weight excluding hydrogens is 503 g/mol. The van der Waals surface area contributed by atoms with Crippen molar-refractivity contribution in [3.63, 3.8) is 0 Å². The second kappa shape index (κ2) is 9.33. The van der Waals surface area contributed by atoms with Crippen LogP contribution < -0.4 is 4.72 Å². The maximum absolute atomic E-state index is 13.9. The van der Waals surface area contributed by atoms with Gasteiger partial charge in [0.15, 0.2) is 9.84 Å². The zero-order valence-corrected chi connectivity index (χ0v) is 20.9. The largest absolute Gasteiger partial charge is 0.333 e. The molecule has 36 heavy (non-hydrogen) atoms. The van der Waals surface area contributed by atoms with Gasteiger partial charge in [0.25, 0.3) is 15.9 Å². The highest BCUT2D eigenvalue weighted by Gasteiger charge is 2.47. The van der Waals surface area contributed by atoms with Crippen molar-refractivity contribution in [2.75, 3.05) is 4.72 Å². The van der Waals surface area contributed by atoms with Gasteiger partial charge in [0.05, 0.1) is 10.1 Å². The first-order valence-electron chi connectivity index (χ1n) is 11.7. The van der Waals surface area contributed by atoms with Gasteiger partial charge in [0.1, 0.15) is 10.7 Å². The molecule has 2 unspecified atom stereocenters. The minimum atomic E-state index is -4.13. The molecular formula is C26H25FN2O5S2. The molecule has 1 N–H and O–H groups in total. The van der Waals surface area contributed by atoms with E-state index in [1.54, 1.807) is 35.2 Å². The van der Waals surface area contributed by atoms with E-state index in [9.17, 15) is 26.0 Å². The number of nitrogens with one attached hydrogen (secondary N) is 1. The lowest BCUT2D eigenvalue weighted by Gasteiger charge is -2.38. The van der Waals surface area contributed by atoms with Gasteiger partial charge in [-0.3, -0.25) is 9.52 Å². The predicted octanol–water partition coefficient (Wildman–Crippen LogP) is 4.24. The van der Waals surface area contributed by atoms with Crippen molar-refractivity contribution in [2.45, 2.75) is 52.8 Å². The Morgan fingerprint density at radius 3 is 2.00 bits per heavy atom. The molecule has 3 aromatic carbocycles. The molecule has 10 heteroatoms. The number of benzene rings is 3. The highest BCUT2D eigenvalue weighted by Crippen LogP contribution is 2.40. The van der Waals surface area contributed by atoms with Crippen LogP contribution >= 0.6 is 0 Å². The molecule has 0 aliphatic carbocycles. The van der Waals surface area contributed by atoms with Crippen molar-refractivity contribution in [3.05, 3.63) is 90.2 Å². The fraction of sp³-hybridized carbons (Fsp3) is 0.269. The minimum Gasteiger partial charge on any atom is -0.333 e. The van der Waals surface area contributed by atoms with Crippen molar-refractivity contribution in [2.24, 2.45) is 0 Å². The van der Waals surface area contributed by atoms with Gasteiger partial charge in [-0.15, -0.1) is 0 Å². The zero-order chi connectivity index (χ0) is 25.5. The Morgan fingerprint density at radius 1 is 0.806 bits per heavy atom. The molecule has 2 aliphatic heterocycles. The van der Waals surface area contributed by atoms with Crippen LogP contribution in [0.2, 0.25) is 0 Å². The number of hydrogen-bond donors (Lipinski definition) is 1. The van der Waals surface area contributed by atoms with Crippen molar-refractivity contribution in [3.8, 4) is 0 Å². The van der Waals surface area contributed by atoms with Crippen molar-refractivity contribution in [1.82, 2.24) is 4.90 Å². The maximum Gasteiger partial charge on any atom is 0.264 e. The standard InChI is InChI=1S/C26H25FN2O5S2/c27-24-8-4-5-9-25(24)36(33,34)28-19-12-10-18(11-13-19)26(30)29-20-14-15-21(29)17-23(16-20)35(31,32)22-6-2-1-3-7-22/h1-13,20-21,23,28H,14-17H2. The molecule has 2 bridgehead atoms. The van der Waals surface area contributed by atoms with E-state index in [1.807, 2.05) is 0 Å². The molecule has 0 saturated carbocycles. The van der Waals surface area contributed by atoms with Crippen LogP contribution in [0.15, 0.2) is 88.7 Å². The van der Waals surface area contributed by atoms with E-state index in [0.717, 1.165) is 18.9 Å². The van der Waals surface area contributed by atoms with Gasteiger partial charge < -0.3 is 4.90 Å². The van der Waals surface area contributed by atoms with E-state index in [4.69, 9.17) is 0 Å². The summed E-state index contributed by atoms with van der Waals surface area (Å²) in [6.07, 6.45) is 2.27. The Balaban J connectivity index is 1.30. The lowest BCUT2D eigenvalue weighted by Crippen LogP contribution is -2.49. The van der Waals surface area contributed by atoms with Gasteiger partial charge in [-0.25, -0.2) is 21.2 Å². The zero-order valence-electron chi connectivity index (χ0n) is 19.2. The van der Waals surface area contributed by atoms with Crippen LogP contribution in [-0.4, -0.2) is 45.0 Å². The van der Waals surface area contributed by atoms with Crippen LogP contribution in [0.3, 0.4) is 0 Å². The summed E-state index contributed by atoms with van der Waals surface area (Å²) in [5.41, 5.74) is 0.579. The second-order valence-corrected chi connectivity index (χ2v) is 13.0. The monoisotopic (exact) mass is 528 g/mol. The van der Waals surface area contributed by atoms with Crippen molar-refractivity contribution >= 4 is 31.5 Å². The number of piperidine rings is 1.